The second-order valence-electron chi connectivity index (χ2n) is 6.10. The van der Waals surface area contributed by atoms with Crippen LogP contribution >= 0.6 is 46.6 Å². The molecule has 31 heavy (non-hydrogen) atoms. The van der Waals surface area contributed by atoms with Crippen LogP contribution in [0.5, 0.6) is 11.5 Å². The first kappa shape index (κ1) is 23.5. The third kappa shape index (κ3) is 5.36. The van der Waals surface area contributed by atoms with Gasteiger partial charge in [-0.15, -0.1) is 0 Å². The summed E-state index contributed by atoms with van der Waals surface area (Å²) in [5, 5.41) is 0. The summed E-state index contributed by atoms with van der Waals surface area (Å²) < 4.78 is 30.9. The zero-order valence-electron chi connectivity index (χ0n) is 16.5. The van der Waals surface area contributed by atoms with Gasteiger partial charge in [-0.25, -0.2) is 9.18 Å². The van der Waals surface area contributed by atoms with Gasteiger partial charge < -0.3 is 14.2 Å². The quantitative estimate of drug-likeness (QED) is 0.204. The lowest BCUT2D eigenvalue weighted by atomic mass is 10.1. The lowest BCUT2D eigenvalue weighted by molar-refractivity contribution is -0.145. The van der Waals surface area contributed by atoms with Crippen LogP contribution in [0.15, 0.2) is 41.3 Å². The van der Waals surface area contributed by atoms with Gasteiger partial charge in [-0.2, -0.15) is 0 Å². The van der Waals surface area contributed by atoms with E-state index in [4.69, 9.17) is 26.4 Å². The highest BCUT2D eigenvalue weighted by Crippen LogP contribution is 2.39. The average Bonchev–Trinajstić information content (AvgIpc) is 3.00. The molecular weight excluding hydrogens is 556 g/mol. The molecular formula is C21H17FINO5S2. The first-order valence-corrected chi connectivity index (χ1v) is 11.3. The fraction of sp³-hybridized carbons (Fsp3) is 0.190. The van der Waals surface area contributed by atoms with E-state index in [1.807, 2.05) is 0 Å². The van der Waals surface area contributed by atoms with Crippen molar-refractivity contribution in [2.75, 3.05) is 25.2 Å². The lowest BCUT2D eigenvalue weighted by Gasteiger charge is -2.15. The molecule has 0 N–H and O–H groups in total. The van der Waals surface area contributed by atoms with Crippen molar-refractivity contribution in [2.45, 2.75) is 6.92 Å². The molecule has 1 fully saturated rings. The Hall–Kier alpha value is -2.18. The largest absolute Gasteiger partial charge is 0.493 e. The van der Waals surface area contributed by atoms with Crippen molar-refractivity contribution in [1.82, 2.24) is 0 Å². The zero-order chi connectivity index (χ0) is 22.5. The number of esters is 1. The van der Waals surface area contributed by atoms with Gasteiger partial charge in [0, 0.05) is 0 Å². The normalized spacial score (nSPS) is 14.8. The highest BCUT2D eigenvalue weighted by Gasteiger charge is 2.34. The van der Waals surface area contributed by atoms with E-state index in [0.29, 0.717) is 25.5 Å². The maximum Gasteiger partial charge on any atom is 0.344 e. The molecule has 1 aliphatic heterocycles. The van der Waals surface area contributed by atoms with Crippen LogP contribution in [0.1, 0.15) is 12.5 Å². The second-order valence-corrected chi connectivity index (χ2v) is 8.93. The number of hydrogen-bond acceptors (Lipinski definition) is 7. The van der Waals surface area contributed by atoms with Crippen LogP contribution in [0.2, 0.25) is 0 Å². The molecule has 1 saturated heterocycles. The standard InChI is InChI=1S/C21H17FINO5S2/c1-3-28-18(25)11-29-19-14(23)8-12(9-16(19)27-2)10-17-20(26)24(21(30)31-17)15-7-5-4-6-13(15)22/h4-10H,3,11H2,1-2H3/b17-10-. The fourth-order valence-corrected chi connectivity index (χ4v) is 4.82. The van der Waals surface area contributed by atoms with Gasteiger partial charge in [-0.3, -0.25) is 9.69 Å². The summed E-state index contributed by atoms with van der Waals surface area (Å²) in [6, 6.07) is 9.43. The third-order valence-corrected chi connectivity index (χ3v) is 6.18. The van der Waals surface area contributed by atoms with Gasteiger partial charge in [0.2, 0.25) is 0 Å². The highest BCUT2D eigenvalue weighted by molar-refractivity contribution is 14.1. The molecule has 162 valence electrons. The zero-order valence-corrected chi connectivity index (χ0v) is 20.3. The summed E-state index contributed by atoms with van der Waals surface area (Å²) in [6.07, 6.45) is 1.65. The summed E-state index contributed by atoms with van der Waals surface area (Å²) in [5.41, 5.74) is 0.780. The number of hydrogen-bond donors (Lipinski definition) is 0. The predicted molar refractivity (Wildman–Crippen MR) is 130 cm³/mol. The number of thiocarbonyl (C=S) groups is 1. The first-order chi connectivity index (χ1) is 14.8. The lowest BCUT2D eigenvalue weighted by Crippen LogP contribution is -2.28. The molecule has 0 unspecified atom stereocenters. The van der Waals surface area contributed by atoms with Crippen molar-refractivity contribution in [3.63, 3.8) is 0 Å². The minimum atomic E-state index is -0.528. The van der Waals surface area contributed by atoms with Crippen molar-refractivity contribution in [3.05, 3.63) is 56.3 Å². The highest BCUT2D eigenvalue weighted by atomic mass is 127. The molecule has 0 aliphatic carbocycles. The van der Waals surface area contributed by atoms with E-state index in [9.17, 15) is 14.0 Å². The number of para-hydroxylation sites is 1. The van der Waals surface area contributed by atoms with E-state index in [2.05, 4.69) is 22.6 Å². The summed E-state index contributed by atoms with van der Waals surface area (Å²) in [7, 11) is 1.48. The number of carbonyl (C=O) groups excluding carboxylic acids is 2. The molecule has 2 aromatic rings. The van der Waals surface area contributed by atoms with E-state index in [-0.39, 0.29) is 23.2 Å². The first-order valence-electron chi connectivity index (χ1n) is 9.04. The third-order valence-electron chi connectivity index (χ3n) is 4.08. The number of thioether (sulfide) groups is 1. The molecule has 1 aliphatic rings. The SMILES string of the molecule is CCOC(=O)COc1c(I)cc(/C=C2\SC(=S)N(c3ccccc3F)C2=O)cc1OC. The van der Waals surface area contributed by atoms with Gasteiger partial charge in [0.15, 0.2) is 22.4 Å². The summed E-state index contributed by atoms with van der Waals surface area (Å²) in [6.45, 7) is 1.73. The molecule has 0 aromatic heterocycles. The van der Waals surface area contributed by atoms with Gasteiger partial charge >= 0.3 is 5.97 Å². The molecule has 1 heterocycles. The number of amides is 1. The Morgan fingerprint density at radius 2 is 2.06 bits per heavy atom. The molecule has 0 atom stereocenters. The number of anilines is 1. The van der Waals surface area contributed by atoms with Gasteiger partial charge in [0.1, 0.15) is 5.82 Å². The Labute approximate surface area is 201 Å². The van der Waals surface area contributed by atoms with Crippen molar-refractivity contribution in [1.29, 1.82) is 0 Å². The maximum absolute atomic E-state index is 14.2. The Morgan fingerprint density at radius 1 is 1.32 bits per heavy atom. The molecule has 0 spiro atoms. The van der Waals surface area contributed by atoms with Crippen LogP contribution in [-0.4, -0.2) is 36.5 Å². The Balaban J connectivity index is 1.87. The number of carbonyl (C=O) groups is 2. The van der Waals surface area contributed by atoms with Gasteiger partial charge in [-0.05, 0) is 65.4 Å². The summed E-state index contributed by atoms with van der Waals surface area (Å²) >= 11 is 8.44. The number of halogens is 2. The van der Waals surface area contributed by atoms with Crippen LogP contribution in [0.25, 0.3) is 6.08 Å². The number of nitrogens with zero attached hydrogens (tertiary/aromatic N) is 1. The van der Waals surface area contributed by atoms with Crippen molar-refractivity contribution in [3.8, 4) is 11.5 Å². The van der Waals surface area contributed by atoms with Crippen molar-refractivity contribution < 1.29 is 28.2 Å². The summed E-state index contributed by atoms with van der Waals surface area (Å²) in [5.74, 6) is -0.628. The topological polar surface area (TPSA) is 65.1 Å². The van der Waals surface area contributed by atoms with Crippen LogP contribution in [-0.2, 0) is 14.3 Å². The molecule has 0 radical (unpaired) electrons. The van der Waals surface area contributed by atoms with E-state index < -0.39 is 17.7 Å². The minimum Gasteiger partial charge on any atom is -0.493 e. The predicted octanol–water partition coefficient (Wildman–Crippen LogP) is 4.79. The minimum absolute atomic E-state index is 0.114. The molecule has 0 saturated carbocycles. The van der Waals surface area contributed by atoms with Crippen LogP contribution in [0.4, 0.5) is 10.1 Å². The Kier molecular flexibility index (Phi) is 7.89. The van der Waals surface area contributed by atoms with Gasteiger partial charge in [0.25, 0.3) is 5.91 Å². The van der Waals surface area contributed by atoms with Crippen LogP contribution in [0, 0.1) is 9.39 Å². The van der Waals surface area contributed by atoms with Gasteiger partial charge in [0.05, 0.1) is 27.9 Å². The molecule has 6 nitrogen and oxygen atoms in total. The Morgan fingerprint density at radius 3 is 2.74 bits per heavy atom. The Bertz CT molecular complexity index is 1080. The van der Waals surface area contributed by atoms with E-state index in [1.54, 1.807) is 37.3 Å². The monoisotopic (exact) mass is 573 g/mol. The summed E-state index contributed by atoms with van der Waals surface area (Å²) in [4.78, 5) is 26.0. The molecule has 10 heteroatoms. The fourth-order valence-electron chi connectivity index (χ4n) is 2.76. The molecule has 2 aromatic carbocycles. The van der Waals surface area contributed by atoms with Crippen molar-refractivity contribution in [2.24, 2.45) is 0 Å². The van der Waals surface area contributed by atoms with Gasteiger partial charge in [-0.1, -0.05) is 36.1 Å². The maximum atomic E-state index is 14.2. The number of methoxy groups -OCH3 is 1. The number of benzene rings is 2. The molecule has 0 bridgehead atoms. The smallest absolute Gasteiger partial charge is 0.344 e. The van der Waals surface area contributed by atoms with Crippen LogP contribution < -0.4 is 14.4 Å². The number of ether oxygens (including phenoxy) is 3. The molecule has 3 rings (SSSR count). The van der Waals surface area contributed by atoms with E-state index in [1.165, 1.54) is 24.1 Å². The molecule has 1 amide bonds. The second kappa shape index (κ2) is 10.4. The number of rotatable bonds is 7. The van der Waals surface area contributed by atoms with Crippen LogP contribution in [0.3, 0.4) is 0 Å². The van der Waals surface area contributed by atoms with E-state index >= 15 is 0 Å². The van der Waals surface area contributed by atoms with Crippen molar-refractivity contribution >= 4 is 74.5 Å². The van der Waals surface area contributed by atoms with E-state index in [0.717, 1.165) is 11.8 Å². The average molecular weight is 573 g/mol.